The van der Waals surface area contributed by atoms with Crippen LogP contribution in [0.3, 0.4) is 0 Å². The van der Waals surface area contributed by atoms with Crippen molar-refractivity contribution in [2.24, 2.45) is 0 Å². The van der Waals surface area contributed by atoms with Crippen LogP contribution >= 0.6 is 0 Å². The molecule has 0 spiro atoms. The Morgan fingerprint density at radius 1 is 0.882 bits per heavy atom. The third kappa shape index (κ3) is 3.11. The van der Waals surface area contributed by atoms with Crippen LogP contribution in [-0.4, -0.2) is 22.9 Å². The first-order valence-corrected chi connectivity index (χ1v) is 7.27. The molecule has 2 rings (SSSR count). The van der Waals surface area contributed by atoms with Crippen LogP contribution in [0.2, 0.25) is 0 Å². The fourth-order valence-electron chi connectivity index (χ4n) is 3.48. The first-order valence-electron chi connectivity index (χ1n) is 7.27. The summed E-state index contributed by atoms with van der Waals surface area (Å²) in [6.45, 7) is 3.68. The zero-order valence-electron chi connectivity index (χ0n) is 10.9. The molecule has 96 valence electrons. The molecular formula is C15H25NO. The molecule has 0 heterocycles. The van der Waals surface area contributed by atoms with Gasteiger partial charge in [0.05, 0.1) is 0 Å². The van der Waals surface area contributed by atoms with Crippen LogP contribution in [0.25, 0.3) is 0 Å². The average Bonchev–Trinajstić information content (AvgIpc) is 2.41. The van der Waals surface area contributed by atoms with Crippen LogP contribution < -0.4 is 0 Å². The van der Waals surface area contributed by atoms with Gasteiger partial charge in [-0.15, -0.1) is 0 Å². The fourth-order valence-corrected chi connectivity index (χ4v) is 3.48. The van der Waals surface area contributed by atoms with Crippen molar-refractivity contribution in [1.82, 2.24) is 4.90 Å². The van der Waals surface area contributed by atoms with Crippen molar-refractivity contribution in [3.63, 3.8) is 0 Å². The van der Waals surface area contributed by atoms with Crippen molar-refractivity contribution in [2.45, 2.75) is 76.3 Å². The molecular weight excluding hydrogens is 210 g/mol. The number of amides is 1. The van der Waals surface area contributed by atoms with E-state index in [1.165, 1.54) is 70.3 Å². The second kappa shape index (κ2) is 6.23. The second-order valence-electron chi connectivity index (χ2n) is 5.53. The molecule has 0 aromatic carbocycles. The van der Waals surface area contributed by atoms with Gasteiger partial charge in [0.15, 0.2) is 0 Å². The molecule has 0 unspecified atom stereocenters. The van der Waals surface area contributed by atoms with Crippen molar-refractivity contribution in [2.75, 3.05) is 0 Å². The highest BCUT2D eigenvalue weighted by Gasteiger charge is 2.30. The predicted octanol–water partition coefficient (Wildman–Crippen LogP) is 3.67. The number of carbonyl (C=O) groups excluding carboxylic acids is 1. The van der Waals surface area contributed by atoms with Crippen LogP contribution in [0.1, 0.15) is 64.2 Å². The maximum absolute atomic E-state index is 12.1. The quantitative estimate of drug-likeness (QED) is 0.683. The molecule has 2 fully saturated rings. The molecule has 17 heavy (non-hydrogen) atoms. The zero-order chi connectivity index (χ0) is 12.1. The Balaban J connectivity index is 2.05. The molecule has 2 nitrogen and oxygen atoms in total. The van der Waals surface area contributed by atoms with Crippen molar-refractivity contribution in [1.29, 1.82) is 0 Å². The van der Waals surface area contributed by atoms with E-state index in [-0.39, 0.29) is 5.91 Å². The Morgan fingerprint density at radius 3 is 1.65 bits per heavy atom. The van der Waals surface area contributed by atoms with E-state index >= 15 is 0 Å². The Kier molecular flexibility index (Phi) is 4.64. The first-order chi connectivity index (χ1) is 8.33. The molecule has 0 atom stereocenters. The van der Waals surface area contributed by atoms with Crippen LogP contribution in [0, 0.1) is 0 Å². The van der Waals surface area contributed by atoms with Gasteiger partial charge in [0.2, 0.25) is 5.91 Å². The fraction of sp³-hybridized carbons (Fsp3) is 0.800. The van der Waals surface area contributed by atoms with E-state index in [1.807, 2.05) is 0 Å². The lowest BCUT2D eigenvalue weighted by atomic mass is 9.88. The van der Waals surface area contributed by atoms with E-state index in [4.69, 9.17) is 0 Å². The standard InChI is InChI=1S/C15H25NO/c1-2-15(17)16(13-9-5-3-6-10-13)14-11-7-4-8-12-14/h2,13-14H,1,3-12H2. The third-order valence-corrected chi connectivity index (χ3v) is 4.37. The maximum Gasteiger partial charge on any atom is 0.246 e. The van der Waals surface area contributed by atoms with Gasteiger partial charge in [0.1, 0.15) is 0 Å². The number of hydrogen-bond acceptors (Lipinski definition) is 1. The Labute approximate surface area is 105 Å². The van der Waals surface area contributed by atoms with Crippen LogP contribution in [0.4, 0.5) is 0 Å². The summed E-state index contributed by atoms with van der Waals surface area (Å²) in [4.78, 5) is 14.3. The number of nitrogens with zero attached hydrogens (tertiary/aromatic N) is 1. The molecule has 2 saturated carbocycles. The minimum Gasteiger partial charge on any atom is -0.333 e. The number of hydrogen-bond donors (Lipinski definition) is 0. The minimum absolute atomic E-state index is 0.170. The smallest absolute Gasteiger partial charge is 0.246 e. The summed E-state index contributed by atoms with van der Waals surface area (Å²) in [5, 5.41) is 0. The first kappa shape index (κ1) is 12.7. The highest BCUT2D eigenvalue weighted by atomic mass is 16.2. The Morgan fingerprint density at radius 2 is 1.29 bits per heavy atom. The highest BCUT2D eigenvalue weighted by molar-refractivity contribution is 5.87. The van der Waals surface area contributed by atoms with Crippen molar-refractivity contribution < 1.29 is 4.79 Å². The molecule has 2 heteroatoms. The van der Waals surface area contributed by atoms with Crippen molar-refractivity contribution in [3.8, 4) is 0 Å². The number of carbonyl (C=O) groups is 1. The van der Waals surface area contributed by atoms with Crippen molar-refractivity contribution >= 4 is 5.91 Å². The van der Waals surface area contributed by atoms with Gasteiger partial charge in [-0.25, -0.2) is 0 Å². The third-order valence-electron chi connectivity index (χ3n) is 4.37. The minimum atomic E-state index is 0.170. The molecule has 2 aliphatic carbocycles. The van der Waals surface area contributed by atoms with Crippen LogP contribution in [0.5, 0.6) is 0 Å². The molecule has 0 bridgehead atoms. The second-order valence-corrected chi connectivity index (χ2v) is 5.53. The summed E-state index contributed by atoms with van der Waals surface area (Å²) in [5.74, 6) is 0.170. The number of rotatable bonds is 3. The van der Waals surface area contributed by atoms with Gasteiger partial charge in [-0.2, -0.15) is 0 Å². The van der Waals surface area contributed by atoms with Crippen LogP contribution in [-0.2, 0) is 4.79 Å². The lowest BCUT2D eigenvalue weighted by Gasteiger charge is -2.41. The summed E-state index contributed by atoms with van der Waals surface area (Å²) >= 11 is 0. The van der Waals surface area contributed by atoms with Gasteiger partial charge in [-0.3, -0.25) is 4.79 Å². The summed E-state index contributed by atoms with van der Waals surface area (Å²) in [7, 11) is 0. The maximum atomic E-state index is 12.1. The topological polar surface area (TPSA) is 20.3 Å². The monoisotopic (exact) mass is 235 g/mol. The van der Waals surface area contributed by atoms with Gasteiger partial charge >= 0.3 is 0 Å². The van der Waals surface area contributed by atoms with E-state index in [2.05, 4.69) is 11.5 Å². The van der Waals surface area contributed by atoms with Gasteiger partial charge < -0.3 is 4.90 Å². The van der Waals surface area contributed by atoms with Crippen LogP contribution in [0.15, 0.2) is 12.7 Å². The molecule has 2 aliphatic rings. The van der Waals surface area contributed by atoms with E-state index in [1.54, 1.807) is 0 Å². The van der Waals surface area contributed by atoms with Gasteiger partial charge in [0, 0.05) is 12.1 Å². The SMILES string of the molecule is C=CC(=O)N(C1CCCCC1)C1CCCCC1. The molecule has 0 aromatic rings. The lowest BCUT2D eigenvalue weighted by Crippen LogP contribution is -2.48. The van der Waals surface area contributed by atoms with E-state index in [9.17, 15) is 4.79 Å². The largest absolute Gasteiger partial charge is 0.333 e. The summed E-state index contributed by atoms with van der Waals surface area (Å²) < 4.78 is 0. The summed E-state index contributed by atoms with van der Waals surface area (Å²) in [6.07, 6.45) is 14.2. The van der Waals surface area contributed by atoms with Gasteiger partial charge in [-0.1, -0.05) is 45.1 Å². The summed E-state index contributed by atoms with van der Waals surface area (Å²) in [6, 6.07) is 0.995. The highest BCUT2D eigenvalue weighted by Crippen LogP contribution is 2.30. The zero-order valence-corrected chi connectivity index (χ0v) is 10.9. The van der Waals surface area contributed by atoms with Gasteiger partial charge in [-0.05, 0) is 31.8 Å². The predicted molar refractivity (Wildman–Crippen MR) is 70.8 cm³/mol. The Bertz CT molecular complexity index is 244. The van der Waals surface area contributed by atoms with Crippen molar-refractivity contribution in [3.05, 3.63) is 12.7 Å². The molecule has 0 N–H and O–H groups in total. The van der Waals surface area contributed by atoms with E-state index in [0.717, 1.165) is 0 Å². The lowest BCUT2D eigenvalue weighted by molar-refractivity contribution is -0.132. The summed E-state index contributed by atoms with van der Waals surface area (Å²) in [5.41, 5.74) is 0. The van der Waals surface area contributed by atoms with E-state index < -0.39 is 0 Å². The molecule has 0 aromatic heterocycles. The molecule has 0 radical (unpaired) electrons. The molecule has 0 aliphatic heterocycles. The molecule has 0 saturated heterocycles. The Hall–Kier alpha value is -0.790. The average molecular weight is 235 g/mol. The molecule has 1 amide bonds. The van der Waals surface area contributed by atoms with E-state index in [0.29, 0.717) is 12.1 Å². The normalized spacial score (nSPS) is 23.3. The van der Waals surface area contributed by atoms with Gasteiger partial charge in [0.25, 0.3) is 0 Å².